The Labute approximate surface area is 74.0 Å². The van der Waals surface area contributed by atoms with Gasteiger partial charge in [0.1, 0.15) is 6.04 Å². The van der Waals surface area contributed by atoms with E-state index in [0.29, 0.717) is 5.56 Å². The van der Waals surface area contributed by atoms with E-state index in [1.165, 1.54) is 18.5 Å². The molecular formula is C7H7ClN2O2. The normalized spacial score (nSPS) is 12.5. The number of hydrogen-bond donors (Lipinski definition) is 2. The van der Waals surface area contributed by atoms with Gasteiger partial charge in [-0.2, -0.15) is 0 Å². The Morgan fingerprint density at radius 3 is 2.92 bits per heavy atom. The minimum Gasteiger partial charge on any atom is -0.480 e. The van der Waals surface area contributed by atoms with Gasteiger partial charge >= 0.3 is 5.97 Å². The van der Waals surface area contributed by atoms with Crippen LogP contribution in [0.25, 0.3) is 0 Å². The molecule has 0 aliphatic carbocycles. The van der Waals surface area contributed by atoms with E-state index in [0.717, 1.165) is 0 Å². The molecule has 0 bridgehead atoms. The number of carboxylic acid groups (broad SMARTS) is 1. The highest BCUT2D eigenvalue weighted by Crippen LogP contribution is 2.19. The molecule has 1 aromatic rings. The van der Waals surface area contributed by atoms with Crippen molar-refractivity contribution in [3.8, 4) is 0 Å². The Morgan fingerprint density at radius 1 is 1.75 bits per heavy atom. The maximum Gasteiger partial charge on any atom is 0.325 e. The Balaban J connectivity index is 3.02. The predicted molar refractivity (Wildman–Crippen MR) is 43.8 cm³/mol. The zero-order valence-corrected chi connectivity index (χ0v) is 6.82. The number of halogens is 1. The molecule has 1 aromatic heterocycles. The highest BCUT2D eigenvalue weighted by Gasteiger charge is 2.16. The van der Waals surface area contributed by atoms with E-state index in [-0.39, 0.29) is 5.02 Å². The van der Waals surface area contributed by atoms with Gasteiger partial charge < -0.3 is 10.8 Å². The number of nitrogens with two attached hydrogens (primary N) is 1. The van der Waals surface area contributed by atoms with Crippen LogP contribution in [-0.2, 0) is 4.79 Å². The highest BCUT2D eigenvalue weighted by atomic mass is 35.5. The van der Waals surface area contributed by atoms with Crippen molar-refractivity contribution in [2.75, 3.05) is 0 Å². The summed E-state index contributed by atoms with van der Waals surface area (Å²) in [4.78, 5) is 14.2. The van der Waals surface area contributed by atoms with Gasteiger partial charge in [-0.1, -0.05) is 11.6 Å². The number of aromatic nitrogens is 1. The number of rotatable bonds is 2. The topological polar surface area (TPSA) is 76.2 Å². The molecule has 0 saturated heterocycles. The molecule has 12 heavy (non-hydrogen) atoms. The number of carboxylic acids is 1. The summed E-state index contributed by atoms with van der Waals surface area (Å²) in [6, 6.07) is 0.404. The summed E-state index contributed by atoms with van der Waals surface area (Å²) in [5.41, 5.74) is 5.70. The maximum absolute atomic E-state index is 10.4. The SMILES string of the molecule is NC(C(=O)O)c1ccncc1Cl. The molecule has 0 fully saturated rings. The van der Waals surface area contributed by atoms with Gasteiger partial charge in [0.15, 0.2) is 0 Å². The quantitative estimate of drug-likeness (QED) is 0.717. The molecule has 3 N–H and O–H groups in total. The standard InChI is InChI=1S/C7H7ClN2O2/c8-5-3-10-2-1-4(5)6(9)7(11)12/h1-3,6H,9H2,(H,11,12). The molecule has 0 saturated carbocycles. The number of nitrogens with zero attached hydrogens (tertiary/aromatic N) is 1. The lowest BCUT2D eigenvalue weighted by molar-refractivity contribution is -0.138. The first-order valence-corrected chi connectivity index (χ1v) is 3.58. The lowest BCUT2D eigenvalue weighted by atomic mass is 10.1. The lowest BCUT2D eigenvalue weighted by Crippen LogP contribution is -2.20. The summed E-state index contributed by atoms with van der Waals surface area (Å²) in [6.07, 6.45) is 2.81. The van der Waals surface area contributed by atoms with Crippen molar-refractivity contribution in [3.05, 3.63) is 29.0 Å². The van der Waals surface area contributed by atoms with Gasteiger partial charge in [0.05, 0.1) is 5.02 Å². The van der Waals surface area contributed by atoms with Crippen molar-refractivity contribution >= 4 is 17.6 Å². The zero-order chi connectivity index (χ0) is 9.14. The summed E-state index contributed by atoms with van der Waals surface area (Å²) >= 11 is 5.66. The summed E-state index contributed by atoms with van der Waals surface area (Å²) in [7, 11) is 0. The summed E-state index contributed by atoms with van der Waals surface area (Å²) in [5, 5.41) is 8.83. The third-order valence-corrected chi connectivity index (χ3v) is 1.72. The van der Waals surface area contributed by atoms with Crippen molar-refractivity contribution in [3.63, 3.8) is 0 Å². The van der Waals surface area contributed by atoms with Crippen LogP contribution >= 0.6 is 11.6 Å². The van der Waals surface area contributed by atoms with E-state index in [1.807, 2.05) is 0 Å². The van der Waals surface area contributed by atoms with Gasteiger partial charge in [-0.25, -0.2) is 0 Å². The van der Waals surface area contributed by atoms with E-state index in [4.69, 9.17) is 22.4 Å². The van der Waals surface area contributed by atoms with Crippen LogP contribution in [0, 0.1) is 0 Å². The summed E-state index contributed by atoms with van der Waals surface area (Å²) in [5.74, 6) is -1.11. The number of hydrogen-bond acceptors (Lipinski definition) is 3. The second-order valence-electron chi connectivity index (χ2n) is 2.21. The molecule has 1 rings (SSSR count). The van der Waals surface area contributed by atoms with Gasteiger partial charge in [0, 0.05) is 18.0 Å². The highest BCUT2D eigenvalue weighted by molar-refractivity contribution is 6.31. The fourth-order valence-corrected chi connectivity index (χ4v) is 1.01. The van der Waals surface area contributed by atoms with Crippen molar-refractivity contribution in [2.45, 2.75) is 6.04 Å². The molecule has 0 aliphatic rings. The molecule has 1 heterocycles. The fourth-order valence-electron chi connectivity index (χ4n) is 0.771. The average Bonchev–Trinajstić information content (AvgIpc) is 2.04. The fraction of sp³-hybridized carbons (Fsp3) is 0.143. The molecule has 1 atom stereocenters. The van der Waals surface area contributed by atoms with Crippen molar-refractivity contribution < 1.29 is 9.90 Å². The first-order valence-electron chi connectivity index (χ1n) is 3.20. The number of pyridine rings is 1. The molecule has 1 unspecified atom stereocenters. The van der Waals surface area contributed by atoms with E-state index in [1.54, 1.807) is 0 Å². The smallest absolute Gasteiger partial charge is 0.325 e. The Hall–Kier alpha value is -1.13. The Kier molecular flexibility index (Phi) is 2.62. The van der Waals surface area contributed by atoms with Crippen LogP contribution in [0.3, 0.4) is 0 Å². The number of carbonyl (C=O) groups is 1. The second kappa shape index (κ2) is 3.51. The van der Waals surface area contributed by atoms with Crippen LogP contribution in [0.15, 0.2) is 18.5 Å². The van der Waals surface area contributed by atoms with Crippen LogP contribution in [0.1, 0.15) is 11.6 Å². The van der Waals surface area contributed by atoms with Crippen LogP contribution < -0.4 is 5.73 Å². The molecule has 64 valence electrons. The van der Waals surface area contributed by atoms with E-state index >= 15 is 0 Å². The molecule has 5 heteroatoms. The van der Waals surface area contributed by atoms with Gasteiger partial charge in [-0.3, -0.25) is 9.78 Å². The van der Waals surface area contributed by atoms with Crippen LogP contribution in [-0.4, -0.2) is 16.1 Å². The summed E-state index contributed by atoms with van der Waals surface area (Å²) in [6.45, 7) is 0. The van der Waals surface area contributed by atoms with E-state index < -0.39 is 12.0 Å². The van der Waals surface area contributed by atoms with Gasteiger partial charge in [-0.05, 0) is 6.07 Å². The molecule has 0 spiro atoms. The van der Waals surface area contributed by atoms with Crippen molar-refractivity contribution in [2.24, 2.45) is 5.73 Å². The average molecular weight is 187 g/mol. The molecular weight excluding hydrogens is 180 g/mol. The first-order chi connectivity index (χ1) is 5.63. The lowest BCUT2D eigenvalue weighted by Gasteiger charge is -2.06. The predicted octanol–water partition coefficient (Wildman–Crippen LogP) is 0.819. The third kappa shape index (κ3) is 1.72. The third-order valence-electron chi connectivity index (χ3n) is 1.40. The van der Waals surface area contributed by atoms with E-state index in [9.17, 15) is 4.79 Å². The molecule has 0 radical (unpaired) electrons. The zero-order valence-electron chi connectivity index (χ0n) is 6.07. The van der Waals surface area contributed by atoms with Crippen molar-refractivity contribution in [1.82, 2.24) is 4.98 Å². The largest absolute Gasteiger partial charge is 0.480 e. The number of aliphatic carboxylic acids is 1. The Morgan fingerprint density at radius 2 is 2.42 bits per heavy atom. The van der Waals surface area contributed by atoms with Crippen LogP contribution in [0.2, 0.25) is 5.02 Å². The molecule has 0 aromatic carbocycles. The minimum absolute atomic E-state index is 0.271. The van der Waals surface area contributed by atoms with Crippen molar-refractivity contribution in [1.29, 1.82) is 0 Å². The van der Waals surface area contributed by atoms with Gasteiger partial charge in [0.2, 0.25) is 0 Å². The monoisotopic (exact) mass is 186 g/mol. The minimum atomic E-state index is -1.11. The van der Waals surface area contributed by atoms with Crippen LogP contribution in [0.4, 0.5) is 0 Å². The van der Waals surface area contributed by atoms with E-state index in [2.05, 4.69) is 4.98 Å². The summed E-state index contributed by atoms with van der Waals surface area (Å²) < 4.78 is 0. The first kappa shape index (κ1) is 8.96. The Bertz CT molecular complexity index is 303. The second-order valence-corrected chi connectivity index (χ2v) is 2.62. The van der Waals surface area contributed by atoms with Gasteiger partial charge in [-0.15, -0.1) is 0 Å². The molecule has 4 nitrogen and oxygen atoms in total. The van der Waals surface area contributed by atoms with Gasteiger partial charge in [0.25, 0.3) is 0 Å². The maximum atomic E-state index is 10.4. The van der Waals surface area contributed by atoms with Crippen LogP contribution in [0.5, 0.6) is 0 Å². The molecule has 0 amide bonds. The molecule has 0 aliphatic heterocycles.